The van der Waals surface area contributed by atoms with Gasteiger partial charge in [-0.15, -0.1) is 5.10 Å². The predicted octanol–water partition coefficient (Wildman–Crippen LogP) is 4.59. The van der Waals surface area contributed by atoms with Crippen molar-refractivity contribution in [1.82, 2.24) is 19.7 Å². The molecule has 2 N–H and O–H groups in total. The zero-order valence-electron chi connectivity index (χ0n) is 13.9. The maximum absolute atomic E-state index is 12.7. The Balaban J connectivity index is 1.75. The number of amides is 1. The number of anilines is 1. The summed E-state index contributed by atoms with van der Waals surface area (Å²) in [5, 5.41) is 14.8. The first kappa shape index (κ1) is 19.4. The fourth-order valence-corrected chi connectivity index (χ4v) is 2.43. The number of hydrogen-bond donors (Lipinski definition) is 2. The Kier molecular flexibility index (Phi) is 5.32. The minimum atomic E-state index is -4.54. The Morgan fingerprint density at radius 2 is 1.89 bits per heavy atom. The third-order valence-electron chi connectivity index (χ3n) is 3.46. The van der Waals surface area contributed by atoms with Crippen molar-refractivity contribution in [1.29, 1.82) is 0 Å². The zero-order valence-corrected chi connectivity index (χ0v) is 14.6. The molecule has 3 rings (SSSR count). The lowest BCUT2D eigenvalue weighted by atomic mass is 10.2. The Labute approximate surface area is 161 Å². The van der Waals surface area contributed by atoms with Crippen LogP contribution in [-0.4, -0.2) is 30.9 Å². The van der Waals surface area contributed by atoms with Crippen LogP contribution in [-0.2, 0) is 6.18 Å². The number of nitrogens with one attached hydrogen (secondary N) is 1. The van der Waals surface area contributed by atoms with Crippen LogP contribution in [0.4, 0.5) is 23.7 Å². The lowest BCUT2D eigenvalue weighted by molar-refractivity contribution is -0.137. The molecule has 1 aromatic carbocycles. The molecule has 3 aromatic rings. The number of carbonyl (C=O) groups is 1. The Bertz CT molecular complexity index is 1030. The van der Waals surface area contributed by atoms with Gasteiger partial charge in [0.1, 0.15) is 6.33 Å². The lowest BCUT2D eigenvalue weighted by Gasteiger charge is -2.08. The third kappa shape index (κ3) is 4.65. The van der Waals surface area contributed by atoms with Crippen LogP contribution in [0.2, 0.25) is 5.02 Å². The van der Waals surface area contributed by atoms with Gasteiger partial charge in [-0.3, -0.25) is 5.32 Å². The first-order chi connectivity index (χ1) is 13.2. The Hall–Kier alpha value is -3.40. The number of benzene rings is 1. The highest BCUT2D eigenvalue weighted by atomic mass is 35.5. The maximum Gasteiger partial charge on any atom is 0.417 e. The van der Waals surface area contributed by atoms with Gasteiger partial charge in [-0.05, 0) is 29.8 Å². The number of nitrogens with zero attached hydrogens (tertiary/aromatic N) is 4. The molecule has 7 nitrogen and oxygen atoms in total. The molecular weight excluding hydrogens is 399 g/mol. The van der Waals surface area contributed by atoms with E-state index in [1.807, 2.05) is 0 Å². The van der Waals surface area contributed by atoms with Crippen molar-refractivity contribution >= 4 is 35.5 Å². The molecule has 2 heterocycles. The van der Waals surface area contributed by atoms with Gasteiger partial charge < -0.3 is 5.11 Å². The van der Waals surface area contributed by atoms with E-state index in [4.69, 9.17) is 16.7 Å². The van der Waals surface area contributed by atoms with Crippen molar-refractivity contribution in [3.8, 4) is 5.82 Å². The molecule has 0 fully saturated rings. The van der Waals surface area contributed by atoms with Gasteiger partial charge in [-0.1, -0.05) is 29.8 Å². The van der Waals surface area contributed by atoms with Crippen molar-refractivity contribution in [2.45, 2.75) is 6.18 Å². The van der Waals surface area contributed by atoms with Gasteiger partial charge in [0.05, 0.1) is 10.6 Å². The molecule has 2 aromatic heterocycles. The molecule has 144 valence electrons. The number of alkyl halides is 3. The number of aromatic nitrogens is 4. The van der Waals surface area contributed by atoms with E-state index in [1.165, 1.54) is 11.0 Å². The quantitative estimate of drug-likeness (QED) is 0.657. The lowest BCUT2D eigenvalue weighted by Crippen LogP contribution is -2.08. The van der Waals surface area contributed by atoms with Crippen molar-refractivity contribution in [2.24, 2.45) is 0 Å². The molecule has 0 unspecified atom stereocenters. The fourth-order valence-electron chi connectivity index (χ4n) is 2.18. The van der Waals surface area contributed by atoms with E-state index < -0.39 is 17.8 Å². The molecule has 0 aliphatic rings. The number of hydrogen-bond acceptors (Lipinski definition) is 4. The van der Waals surface area contributed by atoms with Gasteiger partial charge in [0.2, 0.25) is 0 Å². The van der Waals surface area contributed by atoms with Crippen molar-refractivity contribution < 1.29 is 23.1 Å². The van der Waals surface area contributed by atoms with E-state index >= 15 is 0 Å². The number of pyridine rings is 1. The monoisotopic (exact) mass is 409 g/mol. The van der Waals surface area contributed by atoms with Crippen LogP contribution in [0.25, 0.3) is 18.0 Å². The van der Waals surface area contributed by atoms with E-state index in [0.717, 1.165) is 11.6 Å². The number of carboxylic acid groups (broad SMARTS) is 1. The summed E-state index contributed by atoms with van der Waals surface area (Å²) in [6, 6.07) is 7.32. The van der Waals surface area contributed by atoms with Crippen LogP contribution in [0.5, 0.6) is 0 Å². The second-order valence-electron chi connectivity index (χ2n) is 5.46. The summed E-state index contributed by atoms with van der Waals surface area (Å²) < 4.78 is 39.2. The molecule has 1 amide bonds. The summed E-state index contributed by atoms with van der Waals surface area (Å²) >= 11 is 5.89. The van der Waals surface area contributed by atoms with Gasteiger partial charge in [0.15, 0.2) is 11.6 Å². The minimum Gasteiger partial charge on any atom is -0.465 e. The summed E-state index contributed by atoms with van der Waals surface area (Å²) in [5.41, 5.74) is 0.232. The van der Waals surface area contributed by atoms with Crippen LogP contribution < -0.4 is 5.32 Å². The molecule has 0 saturated heterocycles. The first-order valence-electron chi connectivity index (χ1n) is 7.65. The first-order valence-corrected chi connectivity index (χ1v) is 8.03. The second kappa shape index (κ2) is 7.69. The molecule has 0 radical (unpaired) electrons. The summed E-state index contributed by atoms with van der Waals surface area (Å²) in [5.74, 6) is 0.302. The largest absolute Gasteiger partial charge is 0.465 e. The van der Waals surface area contributed by atoms with E-state index in [-0.39, 0.29) is 16.7 Å². The predicted molar refractivity (Wildman–Crippen MR) is 96.2 cm³/mol. The SMILES string of the molecule is O=C(O)Nc1ccc(/C=C/c2ncn(-c3ncc(C(F)(F)F)cc3Cl)n2)cc1. The normalized spacial score (nSPS) is 11.7. The molecule has 0 atom stereocenters. The molecule has 28 heavy (non-hydrogen) atoms. The smallest absolute Gasteiger partial charge is 0.417 e. The van der Waals surface area contributed by atoms with E-state index in [9.17, 15) is 18.0 Å². The number of halogens is 4. The minimum absolute atomic E-state index is 0.0194. The van der Waals surface area contributed by atoms with Crippen molar-refractivity contribution in [2.75, 3.05) is 5.32 Å². The van der Waals surface area contributed by atoms with Crippen LogP contribution in [0.1, 0.15) is 17.0 Å². The average molecular weight is 410 g/mol. The Morgan fingerprint density at radius 1 is 1.18 bits per heavy atom. The fraction of sp³-hybridized carbons (Fsp3) is 0.0588. The van der Waals surface area contributed by atoms with Gasteiger partial charge in [-0.2, -0.15) is 13.2 Å². The maximum atomic E-state index is 12.7. The van der Waals surface area contributed by atoms with E-state index in [1.54, 1.807) is 36.4 Å². The molecular formula is C17H11ClF3N5O2. The van der Waals surface area contributed by atoms with E-state index in [2.05, 4.69) is 20.4 Å². The van der Waals surface area contributed by atoms with Crippen LogP contribution in [0.15, 0.2) is 42.9 Å². The highest BCUT2D eigenvalue weighted by molar-refractivity contribution is 6.32. The summed E-state index contributed by atoms with van der Waals surface area (Å²) in [4.78, 5) is 18.3. The molecule has 0 aliphatic heterocycles. The molecule has 0 aliphatic carbocycles. The zero-order chi connectivity index (χ0) is 20.3. The Morgan fingerprint density at radius 3 is 2.50 bits per heavy atom. The molecule has 11 heteroatoms. The molecule has 0 bridgehead atoms. The highest BCUT2D eigenvalue weighted by Crippen LogP contribution is 2.31. The van der Waals surface area contributed by atoms with Crippen LogP contribution >= 0.6 is 11.6 Å². The van der Waals surface area contributed by atoms with Crippen molar-refractivity contribution in [3.05, 3.63) is 64.8 Å². The van der Waals surface area contributed by atoms with Gasteiger partial charge in [-0.25, -0.2) is 19.4 Å². The number of rotatable bonds is 4. The van der Waals surface area contributed by atoms with Gasteiger partial charge in [0, 0.05) is 11.9 Å². The molecule has 0 saturated carbocycles. The standard InChI is InChI=1S/C17H11ClF3N5O2/c18-13-7-11(17(19,20)21)8-22-15(13)26-9-23-14(25-26)6-3-10-1-4-12(5-2-10)24-16(27)28/h1-9,24H,(H,27,28)/b6-3+. The van der Waals surface area contributed by atoms with Gasteiger partial charge >= 0.3 is 12.3 Å². The van der Waals surface area contributed by atoms with Crippen LogP contribution in [0, 0.1) is 0 Å². The third-order valence-corrected chi connectivity index (χ3v) is 3.74. The summed E-state index contributed by atoms with van der Waals surface area (Å²) in [6.45, 7) is 0. The topological polar surface area (TPSA) is 92.9 Å². The average Bonchev–Trinajstić information content (AvgIpc) is 3.08. The van der Waals surface area contributed by atoms with Gasteiger partial charge in [0.25, 0.3) is 0 Å². The van der Waals surface area contributed by atoms with Crippen molar-refractivity contribution in [3.63, 3.8) is 0 Å². The summed E-state index contributed by atoms with van der Waals surface area (Å²) in [7, 11) is 0. The summed E-state index contributed by atoms with van der Waals surface area (Å²) in [6.07, 6.45) is -0.485. The second-order valence-corrected chi connectivity index (χ2v) is 5.87. The van der Waals surface area contributed by atoms with Crippen LogP contribution in [0.3, 0.4) is 0 Å². The van der Waals surface area contributed by atoms with E-state index in [0.29, 0.717) is 11.9 Å². The molecule has 0 spiro atoms. The highest BCUT2D eigenvalue weighted by Gasteiger charge is 2.31.